The van der Waals surface area contributed by atoms with Crippen LogP contribution in [-0.2, 0) is 11.1 Å². The van der Waals surface area contributed by atoms with Crippen molar-refractivity contribution in [2.45, 2.75) is 17.2 Å². The van der Waals surface area contributed by atoms with Crippen molar-refractivity contribution < 1.29 is 5.11 Å². The minimum absolute atomic E-state index is 0.183. The molecule has 2 heteroatoms. The molecule has 0 aliphatic carbocycles. The zero-order valence-corrected chi connectivity index (χ0v) is 22.5. The maximum absolute atomic E-state index is 12.9. The molecular weight excluding hydrogens is 486 g/mol. The van der Waals surface area contributed by atoms with E-state index in [1.54, 1.807) is 0 Å². The molecule has 2 nitrogen and oxygen atoms in total. The second kappa shape index (κ2) is 10.6. The quantitative estimate of drug-likeness (QED) is 0.158. The third kappa shape index (κ3) is 4.23. The molecule has 0 spiro atoms. The highest BCUT2D eigenvalue weighted by Gasteiger charge is 2.61. The zero-order chi connectivity index (χ0) is 27.6. The van der Waals surface area contributed by atoms with Gasteiger partial charge in [-0.2, -0.15) is 0 Å². The topological polar surface area (TPSA) is 23.2 Å². The molecule has 5 aromatic carbocycles. The summed E-state index contributed by atoms with van der Waals surface area (Å²) in [4.78, 5) is 2.45. The first-order chi connectivity index (χ1) is 19.6. The highest BCUT2D eigenvalue weighted by molar-refractivity contribution is 5.55. The number of aliphatic hydroxyl groups is 1. The Labute approximate surface area is 237 Å². The van der Waals surface area contributed by atoms with Crippen LogP contribution in [0.25, 0.3) is 12.2 Å². The third-order valence-electron chi connectivity index (χ3n) is 8.27. The predicted molar refractivity (Wildman–Crippen MR) is 166 cm³/mol. The van der Waals surface area contributed by atoms with Crippen molar-refractivity contribution in [2.24, 2.45) is 0 Å². The number of hydrogen-bond donors (Lipinski definition) is 1. The lowest BCUT2D eigenvalue weighted by Crippen LogP contribution is -2.44. The Morgan fingerprint density at radius 2 is 0.875 bits per heavy atom. The van der Waals surface area contributed by atoms with Crippen molar-refractivity contribution in [1.29, 1.82) is 0 Å². The molecule has 0 radical (unpaired) electrons. The summed E-state index contributed by atoms with van der Waals surface area (Å²) in [6, 6.07) is 48.0. The van der Waals surface area contributed by atoms with Crippen molar-refractivity contribution in [3.05, 3.63) is 192 Å². The normalized spacial score (nSPS) is 16.7. The van der Waals surface area contributed by atoms with Crippen LogP contribution in [0.4, 0.5) is 0 Å². The first-order valence-electron chi connectivity index (χ1n) is 13.7. The van der Waals surface area contributed by atoms with Crippen molar-refractivity contribution in [2.75, 3.05) is 6.54 Å². The summed E-state index contributed by atoms with van der Waals surface area (Å²) in [5, 5.41) is 12.9. The van der Waals surface area contributed by atoms with Crippen molar-refractivity contribution >= 4 is 12.2 Å². The molecule has 6 rings (SSSR count). The molecule has 5 aromatic rings. The van der Waals surface area contributed by atoms with E-state index in [0.29, 0.717) is 6.54 Å². The van der Waals surface area contributed by atoms with E-state index < -0.39 is 11.1 Å². The van der Waals surface area contributed by atoms with Gasteiger partial charge in [-0.1, -0.05) is 165 Å². The Bertz CT molecular complexity index is 1440. The van der Waals surface area contributed by atoms with Gasteiger partial charge in [-0.3, -0.25) is 4.90 Å². The van der Waals surface area contributed by atoms with Crippen LogP contribution in [0.1, 0.15) is 38.9 Å². The molecule has 1 fully saturated rings. The van der Waals surface area contributed by atoms with E-state index in [1.165, 1.54) is 16.7 Å². The average Bonchev–Trinajstić information content (AvgIpc) is 3.84. The highest BCUT2D eigenvalue weighted by atomic mass is 16.3. The number of benzene rings is 5. The summed E-state index contributed by atoms with van der Waals surface area (Å²) >= 11 is 0. The smallest absolute Gasteiger partial charge is 0.131 e. The monoisotopic (exact) mass is 519 g/mol. The lowest BCUT2D eigenvalue weighted by Gasteiger charge is -2.40. The summed E-state index contributed by atoms with van der Waals surface area (Å²) in [6.45, 7) is 8.53. The van der Waals surface area contributed by atoms with E-state index in [-0.39, 0.29) is 6.04 Å². The number of nitrogens with zero attached hydrogens (tertiary/aromatic N) is 1. The molecule has 40 heavy (non-hydrogen) atoms. The largest absolute Gasteiger partial charge is 0.379 e. The van der Waals surface area contributed by atoms with Crippen LogP contribution in [0.3, 0.4) is 0 Å². The lowest BCUT2D eigenvalue weighted by molar-refractivity contribution is 0.0551. The van der Waals surface area contributed by atoms with Gasteiger partial charge in [0, 0.05) is 6.54 Å². The van der Waals surface area contributed by atoms with Crippen LogP contribution in [-0.4, -0.2) is 22.6 Å². The van der Waals surface area contributed by atoms with Gasteiger partial charge in [-0.05, 0) is 38.9 Å². The molecule has 0 aromatic heterocycles. The van der Waals surface area contributed by atoms with Gasteiger partial charge in [-0.15, -0.1) is 0 Å². The fourth-order valence-electron chi connectivity index (χ4n) is 6.20. The van der Waals surface area contributed by atoms with E-state index in [1.807, 2.05) is 60.7 Å². The van der Waals surface area contributed by atoms with Crippen molar-refractivity contribution in [3.8, 4) is 0 Å². The van der Waals surface area contributed by atoms with E-state index in [4.69, 9.17) is 0 Å². The van der Waals surface area contributed by atoms with Crippen LogP contribution in [0.2, 0.25) is 0 Å². The first-order valence-corrected chi connectivity index (χ1v) is 13.7. The fraction of sp³-hybridized carbons (Fsp3) is 0.105. The molecule has 1 unspecified atom stereocenters. The van der Waals surface area contributed by atoms with Gasteiger partial charge >= 0.3 is 0 Å². The highest BCUT2D eigenvalue weighted by Crippen LogP contribution is 2.54. The molecule has 1 saturated heterocycles. The van der Waals surface area contributed by atoms with Crippen LogP contribution >= 0.6 is 0 Å². The van der Waals surface area contributed by atoms with E-state index >= 15 is 0 Å². The van der Waals surface area contributed by atoms with Crippen LogP contribution < -0.4 is 0 Å². The minimum atomic E-state index is -1.25. The SMILES string of the molecule is C=Cc1ccc(C(O)(c2ccc(C=C)cc2)[C@@H]2CN2C(c2ccccc2)(c2ccccc2)c2ccccc2)cc1. The lowest BCUT2D eigenvalue weighted by atomic mass is 9.75. The molecule has 1 aliphatic heterocycles. The molecular formula is C38H33NO. The second-order valence-electron chi connectivity index (χ2n) is 10.4. The fourth-order valence-corrected chi connectivity index (χ4v) is 6.20. The third-order valence-corrected chi connectivity index (χ3v) is 8.27. The number of hydrogen-bond acceptors (Lipinski definition) is 2. The van der Waals surface area contributed by atoms with Crippen LogP contribution in [0, 0.1) is 0 Å². The summed E-state index contributed by atoms with van der Waals surface area (Å²) in [7, 11) is 0. The number of rotatable bonds is 9. The van der Waals surface area contributed by atoms with E-state index in [9.17, 15) is 5.11 Å². The summed E-state index contributed by atoms with van der Waals surface area (Å²) < 4.78 is 0. The van der Waals surface area contributed by atoms with Gasteiger partial charge in [0.05, 0.1) is 11.6 Å². The van der Waals surface area contributed by atoms with Gasteiger partial charge in [0.2, 0.25) is 0 Å². The van der Waals surface area contributed by atoms with E-state index in [0.717, 1.165) is 22.3 Å². The van der Waals surface area contributed by atoms with Gasteiger partial charge in [0.15, 0.2) is 0 Å². The minimum Gasteiger partial charge on any atom is -0.379 e. The Kier molecular flexibility index (Phi) is 6.81. The average molecular weight is 520 g/mol. The van der Waals surface area contributed by atoms with Gasteiger partial charge in [0.25, 0.3) is 0 Å². The molecule has 2 atom stereocenters. The predicted octanol–water partition coefficient (Wildman–Crippen LogP) is 7.88. The second-order valence-corrected chi connectivity index (χ2v) is 10.4. The van der Waals surface area contributed by atoms with Crippen LogP contribution in [0.5, 0.6) is 0 Å². The Hall–Kier alpha value is -4.50. The molecule has 1 heterocycles. The maximum Gasteiger partial charge on any atom is 0.131 e. The Morgan fingerprint density at radius 3 is 1.20 bits per heavy atom. The Morgan fingerprint density at radius 1 is 0.525 bits per heavy atom. The standard InChI is InChI=1S/C38H33NO/c1-3-29-20-24-34(25-21-29)38(40,35-26-22-30(4-2)23-27-35)36-28-39(36)37(31-14-8-5-9-15-31,32-16-10-6-11-17-32)33-18-12-7-13-19-33/h3-27,36,40H,1-2,28H2/t36-,39?/m0/s1. The molecule has 0 saturated carbocycles. The molecule has 196 valence electrons. The van der Waals surface area contributed by atoms with Crippen molar-refractivity contribution in [1.82, 2.24) is 4.90 Å². The molecule has 0 amide bonds. The maximum atomic E-state index is 12.9. The Balaban J connectivity index is 1.57. The first kappa shape index (κ1) is 25.8. The molecule has 1 N–H and O–H groups in total. The van der Waals surface area contributed by atoms with Crippen molar-refractivity contribution in [3.63, 3.8) is 0 Å². The van der Waals surface area contributed by atoms with E-state index in [2.05, 4.69) is 109 Å². The van der Waals surface area contributed by atoms with Crippen LogP contribution in [0.15, 0.2) is 153 Å². The summed E-state index contributed by atoms with van der Waals surface area (Å²) in [6.07, 6.45) is 3.66. The van der Waals surface area contributed by atoms with Gasteiger partial charge in [0.1, 0.15) is 5.60 Å². The van der Waals surface area contributed by atoms with Gasteiger partial charge < -0.3 is 5.11 Å². The zero-order valence-electron chi connectivity index (χ0n) is 22.5. The summed E-state index contributed by atoms with van der Waals surface area (Å²) in [5.41, 5.74) is 5.43. The molecule has 1 aliphatic rings. The van der Waals surface area contributed by atoms with Gasteiger partial charge in [-0.25, -0.2) is 0 Å². The summed E-state index contributed by atoms with van der Waals surface area (Å²) in [5.74, 6) is 0. The molecule has 0 bridgehead atoms.